The molecule has 5 rings (SSSR count). The summed E-state index contributed by atoms with van der Waals surface area (Å²) in [7, 11) is -3.74. The SMILES string of the molecule is Cc1ccc(-c2noc(-c3cccc(S(=O)(=O)N4CCN(c5ccccc5F)CC4)c3)n2)cc1. The van der Waals surface area contributed by atoms with E-state index in [9.17, 15) is 12.8 Å². The van der Waals surface area contributed by atoms with Gasteiger partial charge in [0.15, 0.2) is 0 Å². The molecule has 4 aromatic rings. The predicted molar refractivity (Wildman–Crippen MR) is 127 cm³/mol. The molecule has 1 aliphatic rings. The fraction of sp³-hybridized carbons (Fsp3) is 0.200. The molecule has 1 saturated heterocycles. The Morgan fingerprint density at radius 2 is 1.62 bits per heavy atom. The van der Waals surface area contributed by atoms with Gasteiger partial charge in [0.1, 0.15) is 5.82 Å². The molecule has 174 valence electrons. The summed E-state index contributed by atoms with van der Waals surface area (Å²) in [6.45, 7) is 3.34. The highest BCUT2D eigenvalue weighted by Crippen LogP contribution is 2.27. The van der Waals surface area contributed by atoms with Gasteiger partial charge >= 0.3 is 0 Å². The highest BCUT2D eigenvalue weighted by atomic mass is 32.2. The van der Waals surface area contributed by atoms with E-state index >= 15 is 0 Å². The van der Waals surface area contributed by atoms with E-state index in [1.54, 1.807) is 42.5 Å². The van der Waals surface area contributed by atoms with E-state index in [1.165, 1.54) is 10.4 Å². The number of sulfonamides is 1. The molecule has 1 aromatic heterocycles. The predicted octanol–water partition coefficient (Wildman–Crippen LogP) is 4.36. The maximum absolute atomic E-state index is 14.1. The van der Waals surface area contributed by atoms with E-state index in [2.05, 4.69) is 10.1 Å². The van der Waals surface area contributed by atoms with Crippen LogP contribution in [-0.4, -0.2) is 49.0 Å². The standard InChI is InChI=1S/C25H23FN4O3S/c1-18-9-11-19(12-10-18)24-27-25(33-28-24)20-5-4-6-21(17-20)34(31,32)30-15-13-29(14-16-30)23-8-3-2-7-22(23)26/h2-12,17H,13-16H2,1H3. The zero-order valence-corrected chi connectivity index (χ0v) is 19.4. The molecule has 1 fully saturated rings. The van der Waals surface area contributed by atoms with E-state index in [0.29, 0.717) is 30.2 Å². The smallest absolute Gasteiger partial charge is 0.258 e. The monoisotopic (exact) mass is 478 g/mol. The molecular formula is C25H23FN4O3S. The normalized spacial score (nSPS) is 14.9. The van der Waals surface area contributed by atoms with Crippen molar-refractivity contribution in [2.75, 3.05) is 31.1 Å². The number of rotatable bonds is 5. The summed E-state index contributed by atoms with van der Waals surface area (Å²) in [5.74, 6) is 0.376. The molecule has 0 radical (unpaired) electrons. The zero-order valence-electron chi connectivity index (χ0n) is 18.6. The maximum atomic E-state index is 14.1. The van der Waals surface area contributed by atoms with Crippen LogP contribution in [-0.2, 0) is 10.0 Å². The minimum atomic E-state index is -3.74. The summed E-state index contributed by atoms with van der Waals surface area (Å²) in [4.78, 5) is 6.46. The lowest BCUT2D eigenvalue weighted by Gasteiger charge is -2.35. The molecule has 0 amide bonds. The summed E-state index contributed by atoms with van der Waals surface area (Å²) < 4.78 is 47.6. The molecule has 3 aromatic carbocycles. The Kier molecular flexibility index (Phi) is 5.89. The van der Waals surface area contributed by atoms with Crippen molar-refractivity contribution in [3.8, 4) is 22.8 Å². The molecule has 7 nitrogen and oxygen atoms in total. The molecule has 0 atom stereocenters. The fourth-order valence-electron chi connectivity index (χ4n) is 3.98. The first-order valence-electron chi connectivity index (χ1n) is 10.9. The number of hydrogen-bond acceptors (Lipinski definition) is 6. The molecule has 9 heteroatoms. The summed E-state index contributed by atoms with van der Waals surface area (Å²) in [5.41, 5.74) is 2.96. The quantitative estimate of drug-likeness (QED) is 0.424. The van der Waals surface area contributed by atoms with E-state index in [4.69, 9.17) is 4.52 Å². The van der Waals surface area contributed by atoms with Crippen molar-refractivity contribution in [3.63, 3.8) is 0 Å². The fourth-order valence-corrected chi connectivity index (χ4v) is 5.45. The molecule has 34 heavy (non-hydrogen) atoms. The van der Waals surface area contributed by atoms with Gasteiger partial charge in [-0.25, -0.2) is 12.8 Å². The lowest BCUT2D eigenvalue weighted by molar-refractivity contribution is 0.383. The number of piperazine rings is 1. The summed E-state index contributed by atoms with van der Waals surface area (Å²) in [6, 6.07) is 20.8. The van der Waals surface area contributed by atoms with Crippen molar-refractivity contribution in [2.24, 2.45) is 0 Å². The number of aromatic nitrogens is 2. The first-order chi connectivity index (χ1) is 16.4. The van der Waals surface area contributed by atoms with Crippen molar-refractivity contribution in [1.82, 2.24) is 14.4 Å². The van der Waals surface area contributed by atoms with Crippen LogP contribution in [0.3, 0.4) is 0 Å². The summed E-state index contributed by atoms with van der Waals surface area (Å²) in [6.07, 6.45) is 0. The molecule has 0 spiro atoms. The van der Waals surface area contributed by atoms with E-state index < -0.39 is 10.0 Å². The minimum Gasteiger partial charge on any atom is -0.367 e. The lowest BCUT2D eigenvalue weighted by Crippen LogP contribution is -2.48. The van der Waals surface area contributed by atoms with Crippen molar-refractivity contribution >= 4 is 15.7 Å². The van der Waals surface area contributed by atoms with Crippen molar-refractivity contribution in [3.05, 3.63) is 84.2 Å². The average Bonchev–Trinajstić information content (AvgIpc) is 3.35. The van der Waals surface area contributed by atoms with Gasteiger partial charge in [0.2, 0.25) is 15.8 Å². The van der Waals surface area contributed by atoms with Crippen LogP contribution < -0.4 is 4.90 Å². The molecule has 0 aliphatic carbocycles. The molecule has 1 aliphatic heterocycles. The van der Waals surface area contributed by atoms with Gasteiger partial charge < -0.3 is 9.42 Å². The first kappa shape index (κ1) is 22.2. The number of hydrogen-bond donors (Lipinski definition) is 0. The third kappa shape index (κ3) is 4.32. The third-order valence-electron chi connectivity index (χ3n) is 5.89. The van der Waals surface area contributed by atoms with Gasteiger partial charge in [0.05, 0.1) is 10.6 Å². The number of benzene rings is 3. The van der Waals surface area contributed by atoms with Gasteiger partial charge in [-0.1, -0.05) is 53.2 Å². The Morgan fingerprint density at radius 3 is 2.35 bits per heavy atom. The summed E-state index contributed by atoms with van der Waals surface area (Å²) in [5, 5.41) is 4.04. The Bertz CT molecular complexity index is 1410. The molecule has 0 unspecified atom stereocenters. The number of aryl methyl sites for hydroxylation is 1. The lowest BCUT2D eigenvalue weighted by atomic mass is 10.1. The molecule has 0 N–H and O–H groups in total. The molecule has 2 heterocycles. The van der Waals surface area contributed by atoms with Gasteiger partial charge in [-0.15, -0.1) is 0 Å². The highest BCUT2D eigenvalue weighted by Gasteiger charge is 2.29. The van der Waals surface area contributed by atoms with E-state index in [1.807, 2.05) is 36.1 Å². The van der Waals surface area contributed by atoms with Crippen LogP contribution >= 0.6 is 0 Å². The Balaban J connectivity index is 1.34. The van der Waals surface area contributed by atoms with Gasteiger partial charge in [0.25, 0.3) is 5.89 Å². The van der Waals surface area contributed by atoms with Gasteiger partial charge in [-0.2, -0.15) is 9.29 Å². The molecule has 0 bridgehead atoms. The Hall–Kier alpha value is -3.56. The largest absolute Gasteiger partial charge is 0.367 e. The van der Waals surface area contributed by atoms with Gasteiger partial charge in [-0.05, 0) is 37.3 Å². The Labute approximate surface area is 197 Å². The van der Waals surface area contributed by atoms with Crippen LogP contribution in [0.5, 0.6) is 0 Å². The van der Waals surface area contributed by atoms with E-state index in [0.717, 1.165) is 11.1 Å². The molecular weight excluding hydrogens is 455 g/mol. The van der Waals surface area contributed by atoms with Crippen LogP contribution in [0.4, 0.5) is 10.1 Å². The van der Waals surface area contributed by atoms with E-state index in [-0.39, 0.29) is 29.7 Å². The van der Waals surface area contributed by atoms with Crippen molar-refractivity contribution in [1.29, 1.82) is 0 Å². The maximum Gasteiger partial charge on any atom is 0.258 e. The summed E-state index contributed by atoms with van der Waals surface area (Å²) >= 11 is 0. The van der Waals surface area contributed by atoms with Crippen LogP contribution in [0.15, 0.2) is 82.2 Å². The van der Waals surface area contributed by atoms with Gasteiger partial charge in [0, 0.05) is 37.3 Å². The minimum absolute atomic E-state index is 0.152. The van der Waals surface area contributed by atoms with Crippen LogP contribution in [0.2, 0.25) is 0 Å². The van der Waals surface area contributed by atoms with Crippen LogP contribution in [0, 0.1) is 12.7 Å². The number of anilines is 1. The first-order valence-corrected chi connectivity index (χ1v) is 12.4. The Morgan fingerprint density at radius 1 is 0.882 bits per heavy atom. The second kappa shape index (κ2) is 9.00. The third-order valence-corrected chi connectivity index (χ3v) is 7.78. The number of nitrogens with zero attached hydrogens (tertiary/aromatic N) is 4. The average molecular weight is 479 g/mol. The topological polar surface area (TPSA) is 79.5 Å². The van der Waals surface area contributed by atoms with Crippen LogP contribution in [0.1, 0.15) is 5.56 Å². The second-order valence-electron chi connectivity index (χ2n) is 8.16. The number of para-hydroxylation sites is 1. The second-order valence-corrected chi connectivity index (χ2v) is 10.1. The highest BCUT2D eigenvalue weighted by molar-refractivity contribution is 7.89. The van der Waals surface area contributed by atoms with Crippen molar-refractivity contribution in [2.45, 2.75) is 11.8 Å². The van der Waals surface area contributed by atoms with Crippen LogP contribution in [0.25, 0.3) is 22.8 Å². The van der Waals surface area contributed by atoms with Crippen molar-refractivity contribution < 1.29 is 17.3 Å². The number of halogens is 1. The van der Waals surface area contributed by atoms with Gasteiger partial charge in [-0.3, -0.25) is 0 Å². The zero-order chi connectivity index (χ0) is 23.7. The molecule has 0 saturated carbocycles.